The second kappa shape index (κ2) is 4.19. The van der Waals surface area contributed by atoms with Crippen molar-refractivity contribution in [3.63, 3.8) is 0 Å². The molecular formula is C8H15O4S-. The summed E-state index contributed by atoms with van der Waals surface area (Å²) in [7, 11) is -4.26. The third-order valence-electron chi connectivity index (χ3n) is 2.22. The van der Waals surface area contributed by atoms with Crippen molar-refractivity contribution >= 4 is 15.9 Å². The number of rotatable bonds is 5. The number of carbonyl (C=O) groups excluding carboxylic acids is 1. The monoisotopic (exact) mass is 207 g/mol. The van der Waals surface area contributed by atoms with E-state index in [4.69, 9.17) is 0 Å². The Labute approximate surface area is 79.1 Å². The van der Waals surface area contributed by atoms with Crippen LogP contribution >= 0.6 is 0 Å². The zero-order valence-corrected chi connectivity index (χ0v) is 8.98. The molecule has 4 nitrogen and oxygen atoms in total. The molecule has 0 aromatic rings. The Kier molecular flexibility index (Phi) is 4.06. The molecule has 0 amide bonds. The molecular weight excluding hydrogens is 192 g/mol. The summed E-state index contributed by atoms with van der Waals surface area (Å²) in [5, 5.41) is 0. The van der Waals surface area contributed by atoms with Crippen LogP contribution in [0.1, 0.15) is 33.6 Å². The first-order valence-electron chi connectivity index (χ1n) is 4.16. The van der Waals surface area contributed by atoms with Crippen LogP contribution in [-0.4, -0.2) is 24.5 Å². The molecule has 13 heavy (non-hydrogen) atoms. The third kappa shape index (κ3) is 5.00. The standard InChI is InChI=1S/C8H16O4S/c1-4-8(2,3)7(9)5-6-13(10,11)12/h4-6H2,1-3H3,(H,10,11,12)/p-1. The summed E-state index contributed by atoms with van der Waals surface area (Å²) < 4.78 is 30.7. The van der Waals surface area contributed by atoms with E-state index in [9.17, 15) is 17.8 Å². The van der Waals surface area contributed by atoms with Crippen LogP contribution in [0.5, 0.6) is 0 Å². The minimum atomic E-state index is -4.26. The van der Waals surface area contributed by atoms with Gasteiger partial charge in [-0.25, -0.2) is 8.42 Å². The molecule has 0 aromatic heterocycles. The zero-order valence-electron chi connectivity index (χ0n) is 8.16. The lowest BCUT2D eigenvalue weighted by atomic mass is 9.84. The van der Waals surface area contributed by atoms with Gasteiger partial charge in [0.2, 0.25) is 0 Å². The first-order chi connectivity index (χ1) is 5.69. The van der Waals surface area contributed by atoms with E-state index >= 15 is 0 Å². The number of Topliss-reactive ketones (excluding diaryl/α,β-unsaturated/α-hetero) is 1. The Hall–Kier alpha value is -0.420. The highest BCUT2D eigenvalue weighted by atomic mass is 32.2. The summed E-state index contributed by atoms with van der Waals surface area (Å²) in [6, 6.07) is 0. The molecule has 0 unspecified atom stereocenters. The maximum absolute atomic E-state index is 11.3. The Bertz CT molecular complexity index is 277. The SMILES string of the molecule is CCC(C)(C)C(=O)CCS(=O)(=O)[O-]. The first kappa shape index (κ1) is 12.6. The van der Waals surface area contributed by atoms with Crippen LogP contribution in [0.15, 0.2) is 0 Å². The van der Waals surface area contributed by atoms with Gasteiger partial charge in [0.1, 0.15) is 5.78 Å². The molecule has 78 valence electrons. The predicted molar refractivity (Wildman–Crippen MR) is 48.3 cm³/mol. The summed E-state index contributed by atoms with van der Waals surface area (Å²) in [5.41, 5.74) is -0.523. The van der Waals surface area contributed by atoms with E-state index in [1.807, 2.05) is 6.92 Å². The van der Waals surface area contributed by atoms with Crippen molar-refractivity contribution in [3.05, 3.63) is 0 Å². The fourth-order valence-corrected chi connectivity index (χ4v) is 1.19. The Morgan fingerprint density at radius 3 is 2.15 bits per heavy atom. The van der Waals surface area contributed by atoms with Crippen molar-refractivity contribution < 1.29 is 17.8 Å². The van der Waals surface area contributed by atoms with Gasteiger partial charge in [-0.05, 0) is 6.42 Å². The van der Waals surface area contributed by atoms with E-state index in [-0.39, 0.29) is 12.2 Å². The Morgan fingerprint density at radius 1 is 1.38 bits per heavy atom. The maximum Gasteiger partial charge on any atom is 0.139 e. The minimum absolute atomic E-state index is 0.172. The lowest BCUT2D eigenvalue weighted by molar-refractivity contribution is -0.126. The van der Waals surface area contributed by atoms with E-state index in [1.165, 1.54) is 0 Å². The summed E-state index contributed by atoms with van der Waals surface area (Å²) in [6.45, 7) is 5.34. The third-order valence-corrected chi connectivity index (χ3v) is 2.92. The van der Waals surface area contributed by atoms with Crippen LogP contribution < -0.4 is 0 Å². The minimum Gasteiger partial charge on any atom is -0.748 e. The van der Waals surface area contributed by atoms with Gasteiger partial charge in [0.05, 0.1) is 10.1 Å². The van der Waals surface area contributed by atoms with Gasteiger partial charge in [-0.2, -0.15) is 0 Å². The molecule has 0 spiro atoms. The van der Waals surface area contributed by atoms with Crippen molar-refractivity contribution in [1.29, 1.82) is 0 Å². The summed E-state index contributed by atoms with van der Waals surface area (Å²) in [6.07, 6.45) is 0.470. The van der Waals surface area contributed by atoms with Gasteiger partial charge in [0, 0.05) is 17.6 Å². The molecule has 0 heterocycles. The number of carbonyl (C=O) groups is 1. The topological polar surface area (TPSA) is 74.3 Å². The van der Waals surface area contributed by atoms with Crippen molar-refractivity contribution in [3.8, 4) is 0 Å². The van der Waals surface area contributed by atoms with Crippen LogP contribution in [0.25, 0.3) is 0 Å². The number of ketones is 1. The van der Waals surface area contributed by atoms with Gasteiger partial charge in [0.15, 0.2) is 0 Å². The molecule has 0 saturated heterocycles. The number of hydrogen-bond donors (Lipinski definition) is 0. The van der Waals surface area contributed by atoms with E-state index < -0.39 is 21.3 Å². The van der Waals surface area contributed by atoms with Crippen LogP contribution in [-0.2, 0) is 14.9 Å². The van der Waals surface area contributed by atoms with E-state index in [0.29, 0.717) is 6.42 Å². The van der Waals surface area contributed by atoms with Gasteiger partial charge < -0.3 is 4.55 Å². The molecule has 0 rings (SSSR count). The van der Waals surface area contributed by atoms with Crippen LogP contribution in [0, 0.1) is 5.41 Å². The molecule has 0 aliphatic carbocycles. The van der Waals surface area contributed by atoms with E-state index in [2.05, 4.69) is 0 Å². The smallest absolute Gasteiger partial charge is 0.139 e. The molecule has 0 fully saturated rings. The summed E-state index contributed by atoms with van der Waals surface area (Å²) in [5.74, 6) is -0.760. The maximum atomic E-state index is 11.3. The molecule has 0 aliphatic heterocycles. The predicted octanol–water partition coefficient (Wildman–Crippen LogP) is 0.927. The molecule has 0 aliphatic rings. The fraction of sp³-hybridized carbons (Fsp3) is 0.875. The van der Waals surface area contributed by atoms with E-state index in [1.54, 1.807) is 13.8 Å². The van der Waals surface area contributed by atoms with Crippen LogP contribution in [0.2, 0.25) is 0 Å². The van der Waals surface area contributed by atoms with Gasteiger partial charge in [-0.1, -0.05) is 20.8 Å². The molecule has 0 atom stereocenters. The molecule has 0 radical (unpaired) electrons. The normalized spacial score (nSPS) is 12.9. The highest BCUT2D eigenvalue weighted by Crippen LogP contribution is 2.22. The quantitative estimate of drug-likeness (QED) is 0.628. The van der Waals surface area contributed by atoms with Crippen molar-refractivity contribution in [1.82, 2.24) is 0 Å². The average molecular weight is 207 g/mol. The largest absolute Gasteiger partial charge is 0.748 e. The highest BCUT2D eigenvalue weighted by molar-refractivity contribution is 7.85. The zero-order chi connectivity index (χ0) is 10.7. The van der Waals surface area contributed by atoms with Crippen LogP contribution in [0.4, 0.5) is 0 Å². The summed E-state index contributed by atoms with van der Waals surface area (Å²) >= 11 is 0. The van der Waals surface area contributed by atoms with E-state index in [0.717, 1.165) is 0 Å². The van der Waals surface area contributed by atoms with Crippen molar-refractivity contribution in [2.75, 3.05) is 5.75 Å². The molecule has 0 aromatic carbocycles. The van der Waals surface area contributed by atoms with Gasteiger partial charge in [0.25, 0.3) is 0 Å². The van der Waals surface area contributed by atoms with Gasteiger partial charge in [-0.15, -0.1) is 0 Å². The Balaban J connectivity index is 4.19. The molecule has 0 bridgehead atoms. The van der Waals surface area contributed by atoms with Crippen LogP contribution in [0.3, 0.4) is 0 Å². The van der Waals surface area contributed by atoms with Crippen molar-refractivity contribution in [2.45, 2.75) is 33.6 Å². The van der Waals surface area contributed by atoms with Gasteiger partial charge >= 0.3 is 0 Å². The lowest BCUT2D eigenvalue weighted by Gasteiger charge is -2.20. The molecule has 0 N–H and O–H groups in total. The summed E-state index contributed by atoms with van der Waals surface area (Å²) in [4.78, 5) is 11.3. The fourth-order valence-electron chi connectivity index (χ4n) is 0.753. The second-order valence-electron chi connectivity index (χ2n) is 3.67. The highest BCUT2D eigenvalue weighted by Gasteiger charge is 2.24. The van der Waals surface area contributed by atoms with Gasteiger partial charge in [-0.3, -0.25) is 4.79 Å². The molecule has 5 heteroatoms. The van der Waals surface area contributed by atoms with Crippen molar-refractivity contribution in [2.24, 2.45) is 5.41 Å². The second-order valence-corrected chi connectivity index (χ2v) is 5.20. The molecule has 0 saturated carbocycles. The Morgan fingerprint density at radius 2 is 1.85 bits per heavy atom. The lowest BCUT2D eigenvalue weighted by Crippen LogP contribution is -2.25. The average Bonchev–Trinajstić information content (AvgIpc) is 1.98. The first-order valence-corrected chi connectivity index (χ1v) is 5.73. The number of hydrogen-bond acceptors (Lipinski definition) is 4.